The Morgan fingerprint density at radius 1 is 1.38 bits per heavy atom. The normalized spacial score (nSPS) is 17.3. The molecule has 6 nitrogen and oxygen atoms in total. The van der Waals surface area contributed by atoms with E-state index in [0.717, 1.165) is 24.3 Å². The topological polar surface area (TPSA) is 69.7 Å². The van der Waals surface area contributed by atoms with E-state index in [1.54, 1.807) is 6.07 Å². The number of piperidine rings is 1. The van der Waals surface area contributed by atoms with Gasteiger partial charge in [-0.15, -0.1) is 11.3 Å². The number of sulfonamides is 1. The van der Waals surface area contributed by atoms with Gasteiger partial charge in [0.05, 0.1) is 4.34 Å². The number of carbonyl (C=O) groups is 1. The summed E-state index contributed by atoms with van der Waals surface area (Å²) < 4.78 is 27.2. The molecule has 0 aliphatic carbocycles. The maximum absolute atomic E-state index is 12.5. The van der Waals surface area contributed by atoms with E-state index in [1.165, 1.54) is 10.4 Å². The molecule has 0 atom stereocenters. The Morgan fingerprint density at radius 3 is 2.58 bits per heavy atom. The predicted octanol–water partition coefficient (Wildman–Crippen LogP) is 1.87. The van der Waals surface area contributed by atoms with Crippen molar-refractivity contribution in [1.29, 1.82) is 0 Å². The van der Waals surface area contributed by atoms with Crippen molar-refractivity contribution in [2.24, 2.45) is 5.92 Å². The van der Waals surface area contributed by atoms with Crippen LogP contribution in [0.3, 0.4) is 0 Å². The number of rotatable bonds is 7. The van der Waals surface area contributed by atoms with Crippen molar-refractivity contribution in [3.8, 4) is 0 Å². The lowest BCUT2D eigenvalue weighted by molar-refractivity contribution is -0.126. The zero-order chi connectivity index (χ0) is 17.7. The average Bonchev–Trinajstić information content (AvgIpc) is 2.98. The summed E-state index contributed by atoms with van der Waals surface area (Å²) in [6.45, 7) is 2.32. The van der Waals surface area contributed by atoms with Crippen molar-refractivity contribution >= 4 is 38.9 Å². The second kappa shape index (κ2) is 8.62. The van der Waals surface area contributed by atoms with E-state index < -0.39 is 10.0 Å². The molecule has 24 heavy (non-hydrogen) atoms. The zero-order valence-electron chi connectivity index (χ0n) is 14.0. The molecule has 1 amide bonds. The Bertz CT molecular complexity index is 653. The summed E-state index contributed by atoms with van der Waals surface area (Å²) in [5.41, 5.74) is 0. The van der Waals surface area contributed by atoms with Crippen molar-refractivity contribution in [1.82, 2.24) is 14.5 Å². The Hall–Kier alpha value is -0.670. The van der Waals surface area contributed by atoms with Crippen molar-refractivity contribution < 1.29 is 13.2 Å². The van der Waals surface area contributed by atoms with Crippen molar-refractivity contribution in [3.63, 3.8) is 0 Å². The van der Waals surface area contributed by atoms with Gasteiger partial charge in [0, 0.05) is 25.6 Å². The van der Waals surface area contributed by atoms with E-state index in [4.69, 9.17) is 11.6 Å². The molecule has 1 saturated heterocycles. The molecule has 9 heteroatoms. The van der Waals surface area contributed by atoms with Gasteiger partial charge in [-0.25, -0.2) is 8.42 Å². The SMILES string of the molecule is CN(C)CCCNC(=O)C1CCN(S(=O)(=O)c2ccc(Cl)s2)CC1. The van der Waals surface area contributed by atoms with Crippen LogP contribution in [-0.4, -0.2) is 63.8 Å². The van der Waals surface area contributed by atoms with Gasteiger partial charge in [0.1, 0.15) is 4.21 Å². The number of nitrogens with zero attached hydrogens (tertiary/aromatic N) is 2. The molecule has 1 fully saturated rings. The molecule has 0 spiro atoms. The Kier molecular flexibility index (Phi) is 7.06. The molecule has 0 radical (unpaired) electrons. The van der Waals surface area contributed by atoms with Crippen molar-refractivity contribution in [2.75, 3.05) is 40.3 Å². The molecule has 1 aliphatic heterocycles. The molecular formula is C15H24ClN3O3S2. The highest BCUT2D eigenvalue weighted by molar-refractivity contribution is 7.91. The second-order valence-electron chi connectivity index (χ2n) is 6.18. The number of amides is 1. The van der Waals surface area contributed by atoms with Gasteiger partial charge in [0.15, 0.2) is 0 Å². The number of nitrogens with one attached hydrogen (secondary N) is 1. The lowest BCUT2D eigenvalue weighted by Gasteiger charge is -2.30. The molecule has 0 saturated carbocycles. The smallest absolute Gasteiger partial charge is 0.252 e. The van der Waals surface area contributed by atoms with E-state index in [0.29, 0.717) is 36.8 Å². The number of carbonyl (C=O) groups excluding carboxylic acids is 1. The van der Waals surface area contributed by atoms with E-state index in [2.05, 4.69) is 10.2 Å². The fourth-order valence-corrected chi connectivity index (χ4v) is 5.78. The summed E-state index contributed by atoms with van der Waals surface area (Å²) in [7, 11) is 0.507. The first-order valence-corrected chi connectivity index (χ1v) is 10.6. The highest BCUT2D eigenvalue weighted by Gasteiger charge is 2.32. The third-order valence-electron chi connectivity index (χ3n) is 4.05. The zero-order valence-corrected chi connectivity index (χ0v) is 16.4. The van der Waals surface area contributed by atoms with Crippen LogP contribution in [0.25, 0.3) is 0 Å². The molecule has 1 aromatic rings. The van der Waals surface area contributed by atoms with Gasteiger partial charge in [-0.3, -0.25) is 4.79 Å². The minimum absolute atomic E-state index is 0.0324. The molecule has 0 bridgehead atoms. The first-order valence-electron chi connectivity index (χ1n) is 7.98. The molecule has 1 N–H and O–H groups in total. The standard InChI is InChI=1S/C15H24ClN3O3S2/c1-18(2)9-3-8-17-15(20)12-6-10-19(11-7-12)24(21,22)14-5-4-13(16)23-14/h4-5,12H,3,6-11H2,1-2H3,(H,17,20). The van der Waals surface area contributed by atoms with Crippen LogP contribution in [0.1, 0.15) is 19.3 Å². The van der Waals surface area contributed by atoms with Crippen LogP contribution in [0.4, 0.5) is 0 Å². The maximum Gasteiger partial charge on any atom is 0.252 e. The van der Waals surface area contributed by atoms with Gasteiger partial charge >= 0.3 is 0 Å². The minimum atomic E-state index is -3.49. The van der Waals surface area contributed by atoms with Crippen LogP contribution in [0.2, 0.25) is 4.34 Å². The first kappa shape index (κ1) is 19.7. The van der Waals surface area contributed by atoms with Crippen molar-refractivity contribution in [3.05, 3.63) is 16.5 Å². The van der Waals surface area contributed by atoms with Gasteiger partial charge < -0.3 is 10.2 Å². The monoisotopic (exact) mass is 393 g/mol. The first-order chi connectivity index (χ1) is 11.3. The fraction of sp³-hybridized carbons (Fsp3) is 0.667. The van der Waals surface area contributed by atoms with Crippen LogP contribution < -0.4 is 5.32 Å². The van der Waals surface area contributed by atoms with Gasteiger partial charge in [-0.2, -0.15) is 4.31 Å². The summed E-state index contributed by atoms with van der Waals surface area (Å²) in [5.74, 6) is -0.0762. The van der Waals surface area contributed by atoms with E-state index >= 15 is 0 Å². The van der Waals surface area contributed by atoms with Crippen LogP contribution in [0, 0.1) is 5.92 Å². The Balaban J connectivity index is 1.81. The van der Waals surface area contributed by atoms with Crippen LogP contribution in [0.5, 0.6) is 0 Å². The number of thiophene rings is 1. The van der Waals surface area contributed by atoms with E-state index in [9.17, 15) is 13.2 Å². The second-order valence-corrected chi connectivity index (χ2v) is 10.1. The quantitative estimate of drug-likeness (QED) is 0.718. The molecular weight excluding hydrogens is 370 g/mol. The molecule has 0 aromatic carbocycles. The molecule has 2 rings (SSSR count). The minimum Gasteiger partial charge on any atom is -0.356 e. The van der Waals surface area contributed by atoms with Crippen LogP contribution in [0.15, 0.2) is 16.3 Å². The average molecular weight is 394 g/mol. The summed E-state index contributed by atoms with van der Waals surface area (Å²) in [6.07, 6.45) is 2.01. The molecule has 1 aromatic heterocycles. The van der Waals surface area contributed by atoms with Crippen molar-refractivity contribution in [2.45, 2.75) is 23.5 Å². The summed E-state index contributed by atoms with van der Waals surface area (Å²) >= 11 is 6.89. The number of hydrogen-bond donors (Lipinski definition) is 1. The molecule has 1 aliphatic rings. The molecule has 2 heterocycles. The van der Waals surface area contributed by atoms with Gasteiger partial charge in [0.25, 0.3) is 10.0 Å². The Morgan fingerprint density at radius 2 is 2.04 bits per heavy atom. The van der Waals surface area contributed by atoms with Crippen LogP contribution in [-0.2, 0) is 14.8 Å². The predicted molar refractivity (Wildman–Crippen MR) is 97.0 cm³/mol. The van der Waals surface area contributed by atoms with Gasteiger partial charge in [0.2, 0.25) is 5.91 Å². The largest absolute Gasteiger partial charge is 0.356 e. The van der Waals surface area contributed by atoms with E-state index in [-0.39, 0.29) is 16.0 Å². The third-order valence-corrected chi connectivity index (χ3v) is 7.65. The molecule has 136 valence electrons. The Labute approximate surface area is 152 Å². The van der Waals surface area contributed by atoms with Gasteiger partial charge in [-0.1, -0.05) is 11.6 Å². The lowest BCUT2D eigenvalue weighted by Crippen LogP contribution is -2.43. The third kappa shape index (κ3) is 5.16. The highest BCUT2D eigenvalue weighted by Crippen LogP contribution is 2.30. The van der Waals surface area contributed by atoms with Crippen LogP contribution >= 0.6 is 22.9 Å². The lowest BCUT2D eigenvalue weighted by atomic mass is 9.97. The fourth-order valence-electron chi connectivity index (χ4n) is 2.67. The number of halogens is 1. The van der Waals surface area contributed by atoms with Gasteiger partial charge in [-0.05, 0) is 52.0 Å². The highest BCUT2D eigenvalue weighted by atomic mass is 35.5. The maximum atomic E-state index is 12.5. The number of hydrogen-bond acceptors (Lipinski definition) is 5. The molecule has 0 unspecified atom stereocenters. The van der Waals surface area contributed by atoms with E-state index in [1.807, 2.05) is 14.1 Å². The summed E-state index contributed by atoms with van der Waals surface area (Å²) in [4.78, 5) is 14.2. The summed E-state index contributed by atoms with van der Waals surface area (Å²) in [6, 6.07) is 3.12. The summed E-state index contributed by atoms with van der Waals surface area (Å²) in [5, 5.41) is 2.95.